The Morgan fingerprint density at radius 1 is 0.765 bits per heavy atom. The Labute approximate surface area is 104 Å². The summed E-state index contributed by atoms with van der Waals surface area (Å²) in [6, 6.07) is 16.1. The molecule has 0 radical (unpaired) electrons. The number of hydrogen-bond acceptors (Lipinski definition) is 1. The van der Waals surface area contributed by atoms with E-state index < -0.39 is 0 Å². The number of para-hydroxylation sites is 1. The molecule has 0 atom stereocenters. The molecular weight excluding hydrogens is 208 g/mol. The molecule has 0 saturated carbocycles. The van der Waals surface area contributed by atoms with Gasteiger partial charge in [0.25, 0.3) is 0 Å². The van der Waals surface area contributed by atoms with Crippen molar-refractivity contribution < 1.29 is 4.74 Å². The minimum absolute atomic E-state index is 0.884. The van der Waals surface area contributed by atoms with E-state index in [0.717, 1.165) is 17.1 Å². The van der Waals surface area contributed by atoms with Gasteiger partial charge in [-0.15, -0.1) is 0 Å². The van der Waals surface area contributed by atoms with Crippen LogP contribution in [-0.2, 0) is 0 Å². The minimum atomic E-state index is 0.884. The molecule has 0 aliphatic heterocycles. The molecule has 0 N–H and O–H groups in total. The van der Waals surface area contributed by atoms with Gasteiger partial charge in [0.05, 0.1) is 0 Å². The first-order chi connectivity index (χ1) is 8.25. The van der Waals surface area contributed by atoms with Gasteiger partial charge in [-0.3, -0.25) is 0 Å². The number of hydrogen-bond donors (Lipinski definition) is 0. The molecule has 17 heavy (non-hydrogen) atoms. The van der Waals surface area contributed by atoms with Crippen LogP contribution in [0.4, 0.5) is 0 Å². The average molecular weight is 228 g/mol. The van der Waals surface area contributed by atoms with Crippen molar-refractivity contribution in [1.29, 1.82) is 0 Å². The maximum Gasteiger partial charge on any atom is 0.130 e. The molecule has 2 aromatic carbocycles. The van der Waals surface area contributed by atoms with Crippen LogP contribution in [0.3, 0.4) is 0 Å². The summed E-state index contributed by atoms with van der Waals surface area (Å²) in [5.41, 5.74) is 2.39. The highest BCUT2D eigenvalue weighted by Gasteiger charge is 1.99. The van der Waals surface area contributed by atoms with Gasteiger partial charge in [0.2, 0.25) is 0 Å². The SMILES string of the molecule is CC.Cc1ccc(Oc2ccccc2C)cc1. The maximum atomic E-state index is 5.76. The third-order valence-corrected chi connectivity index (χ3v) is 2.34. The largest absolute Gasteiger partial charge is 0.457 e. The van der Waals surface area contributed by atoms with Crippen molar-refractivity contribution in [1.82, 2.24) is 0 Å². The highest BCUT2D eigenvalue weighted by Crippen LogP contribution is 2.24. The molecule has 2 rings (SSSR count). The summed E-state index contributed by atoms with van der Waals surface area (Å²) in [5.74, 6) is 1.80. The number of ether oxygens (including phenoxy) is 1. The molecule has 2 aromatic rings. The Bertz CT molecular complexity index is 443. The van der Waals surface area contributed by atoms with Crippen molar-refractivity contribution in [3.63, 3.8) is 0 Å². The third kappa shape index (κ3) is 3.95. The number of benzene rings is 2. The smallest absolute Gasteiger partial charge is 0.130 e. The first-order valence-electron chi connectivity index (χ1n) is 6.06. The van der Waals surface area contributed by atoms with E-state index in [9.17, 15) is 0 Å². The second-order valence-corrected chi connectivity index (χ2v) is 3.68. The van der Waals surface area contributed by atoms with E-state index in [0.29, 0.717) is 0 Å². The lowest BCUT2D eigenvalue weighted by atomic mass is 10.2. The average Bonchev–Trinajstić information content (AvgIpc) is 2.37. The molecule has 0 aliphatic carbocycles. The molecule has 0 spiro atoms. The van der Waals surface area contributed by atoms with Crippen molar-refractivity contribution in [3.8, 4) is 11.5 Å². The first-order valence-corrected chi connectivity index (χ1v) is 6.06. The van der Waals surface area contributed by atoms with Gasteiger partial charge in [0.15, 0.2) is 0 Å². The zero-order valence-electron chi connectivity index (χ0n) is 11.0. The van der Waals surface area contributed by atoms with Crippen molar-refractivity contribution in [2.24, 2.45) is 0 Å². The summed E-state index contributed by atoms with van der Waals surface area (Å²) in [5, 5.41) is 0. The van der Waals surface area contributed by atoms with Crippen LogP contribution in [0.25, 0.3) is 0 Å². The van der Waals surface area contributed by atoms with Crippen LogP contribution in [0.5, 0.6) is 11.5 Å². The summed E-state index contributed by atoms with van der Waals surface area (Å²) in [6.45, 7) is 8.11. The zero-order valence-corrected chi connectivity index (χ0v) is 11.0. The maximum absolute atomic E-state index is 5.76. The van der Waals surface area contributed by atoms with Crippen LogP contribution in [-0.4, -0.2) is 0 Å². The van der Waals surface area contributed by atoms with E-state index in [4.69, 9.17) is 4.74 Å². The van der Waals surface area contributed by atoms with Gasteiger partial charge < -0.3 is 4.74 Å². The molecular formula is C16H20O. The fourth-order valence-corrected chi connectivity index (χ4v) is 1.40. The van der Waals surface area contributed by atoms with Crippen LogP contribution >= 0.6 is 0 Å². The third-order valence-electron chi connectivity index (χ3n) is 2.34. The Kier molecular flexibility index (Phi) is 5.28. The van der Waals surface area contributed by atoms with Crippen LogP contribution < -0.4 is 4.74 Å². The fraction of sp³-hybridized carbons (Fsp3) is 0.250. The lowest BCUT2D eigenvalue weighted by molar-refractivity contribution is 0.479. The summed E-state index contributed by atoms with van der Waals surface area (Å²) in [6.07, 6.45) is 0. The fourth-order valence-electron chi connectivity index (χ4n) is 1.40. The zero-order chi connectivity index (χ0) is 12.7. The molecule has 0 aromatic heterocycles. The molecule has 0 aliphatic rings. The van der Waals surface area contributed by atoms with Crippen LogP contribution in [0.1, 0.15) is 25.0 Å². The quantitative estimate of drug-likeness (QED) is 0.693. The van der Waals surface area contributed by atoms with Crippen molar-refractivity contribution in [2.75, 3.05) is 0 Å². The standard InChI is InChI=1S/C14H14O.C2H6/c1-11-7-9-13(10-8-11)15-14-6-4-3-5-12(14)2;1-2/h3-10H,1-2H3;1-2H3. The molecule has 1 nitrogen and oxygen atoms in total. The van der Waals surface area contributed by atoms with Gasteiger partial charge in [-0.2, -0.15) is 0 Å². The molecule has 0 fully saturated rings. The Morgan fingerprint density at radius 2 is 1.35 bits per heavy atom. The molecule has 0 bridgehead atoms. The van der Waals surface area contributed by atoms with Crippen LogP contribution in [0, 0.1) is 13.8 Å². The van der Waals surface area contributed by atoms with Gasteiger partial charge in [0.1, 0.15) is 11.5 Å². The normalized spacial score (nSPS) is 9.18. The summed E-state index contributed by atoms with van der Waals surface area (Å²) in [4.78, 5) is 0. The summed E-state index contributed by atoms with van der Waals surface area (Å²) in [7, 11) is 0. The minimum Gasteiger partial charge on any atom is -0.457 e. The van der Waals surface area contributed by atoms with E-state index in [1.165, 1.54) is 5.56 Å². The monoisotopic (exact) mass is 228 g/mol. The Balaban J connectivity index is 0.000000686. The van der Waals surface area contributed by atoms with E-state index in [1.54, 1.807) is 0 Å². The van der Waals surface area contributed by atoms with Crippen molar-refractivity contribution >= 4 is 0 Å². The topological polar surface area (TPSA) is 9.23 Å². The van der Waals surface area contributed by atoms with Crippen molar-refractivity contribution in [3.05, 3.63) is 59.7 Å². The number of aryl methyl sites for hydroxylation is 2. The van der Waals surface area contributed by atoms with E-state index >= 15 is 0 Å². The second kappa shape index (κ2) is 6.74. The Hall–Kier alpha value is -1.76. The summed E-state index contributed by atoms with van der Waals surface area (Å²) >= 11 is 0. The predicted octanol–water partition coefficient (Wildman–Crippen LogP) is 5.12. The Morgan fingerprint density at radius 3 is 1.94 bits per heavy atom. The van der Waals surface area contributed by atoms with Gasteiger partial charge in [-0.05, 0) is 37.6 Å². The van der Waals surface area contributed by atoms with Gasteiger partial charge in [0, 0.05) is 0 Å². The molecule has 1 heteroatoms. The molecule has 0 amide bonds. The second-order valence-electron chi connectivity index (χ2n) is 3.68. The van der Waals surface area contributed by atoms with Gasteiger partial charge in [-0.1, -0.05) is 49.7 Å². The first kappa shape index (κ1) is 13.3. The van der Waals surface area contributed by atoms with E-state index in [-0.39, 0.29) is 0 Å². The van der Waals surface area contributed by atoms with E-state index in [1.807, 2.05) is 69.3 Å². The number of rotatable bonds is 2. The van der Waals surface area contributed by atoms with Gasteiger partial charge in [-0.25, -0.2) is 0 Å². The molecule has 0 saturated heterocycles. The van der Waals surface area contributed by atoms with Crippen LogP contribution in [0.2, 0.25) is 0 Å². The molecule has 0 heterocycles. The predicted molar refractivity (Wildman–Crippen MR) is 73.8 cm³/mol. The van der Waals surface area contributed by atoms with E-state index in [2.05, 4.69) is 6.92 Å². The lowest BCUT2D eigenvalue weighted by Gasteiger charge is -2.08. The molecule has 90 valence electrons. The van der Waals surface area contributed by atoms with Crippen molar-refractivity contribution in [2.45, 2.75) is 27.7 Å². The highest BCUT2D eigenvalue weighted by molar-refractivity contribution is 5.37. The summed E-state index contributed by atoms with van der Waals surface area (Å²) < 4.78 is 5.76. The highest BCUT2D eigenvalue weighted by atomic mass is 16.5. The van der Waals surface area contributed by atoms with Crippen LogP contribution in [0.15, 0.2) is 48.5 Å². The molecule has 0 unspecified atom stereocenters. The lowest BCUT2D eigenvalue weighted by Crippen LogP contribution is -1.86. The van der Waals surface area contributed by atoms with Gasteiger partial charge >= 0.3 is 0 Å².